The Morgan fingerprint density at radius 3 is 2.30 bits per heavy atom. The first-order chi connectivity index (χ1) is 15.7. The number of benzene rings is 2. The van der Waals surface area contributed by atoms with E-state index in [0.29, 0.717) is 12.1 Å². The quantitative estimate of drug-likeness (QED) is 0.305. The second-order valence-corrected chi connectivity index (χ2v) is 8.74. The van der Waals surface area contributed by atoms with Gasteiger partial charge in [0.2, 0.25) is 0 Å². The smallest absolute Gasteiger partial charge is 0.194 e. The molecule has 0 bridgehead atoms. The van der Waals surface area contributed by atoms with Crippen LogP contribution in [0.1, 0.15) is 16.7 Å². The Labute approximate surface area is 192 Å². The third-order valence-corrected chi connectivity index (χ3v) is 6.84. The monoisotopic (exact) mass is 483 g/mol. The highest BCUT2D eigenvalue weighted by Crippen LogP contribution is 2.36. The number of thioether (sulfide) groups is 1. The number of hydrogen-bond acceptors (Lipinski definition) is 8. The van der Waals surface area contributed by atoms with Crippen molar-refractivity contribution < 1.29 is 33.2 Å². The van der Waals surface area contributed by atoms with Crippen LogP contribution in [0.25, 0.3) is 5.70 Å². The molecule has 2 aromatic carbocycles. The van der Waals surface area contributed by atoms with Crippen molar-refractivity contribution >= 4 is 17.5 Å². The average Bonchev–Trinajstić information content (AvgIpc) is 2.78. The molecule has 0 spiro atoms. The van der Waals surface area contributed by atoms with Gasteiger partial charge in [0.15, 0.2) is 17.5 Å². The maximum atomic E-state index is 13.6. The van der Waals surface area contributed by atoms with Crippen LogP contribution in [-0.4, -0.2) is 51.7 Å². The molecule has 11 heteroatoms. The fourth-order valence-electron chi connectivity index (χ4n) is 3.54. The highest BCUT2D eigenvalue weighted by Gasteiger charge is 2.44. The minimum atomic E-state index is -1.65. The van der Waals surface area contributed by atoms with Crippen molar-refractivity contribution in [1.82, 2.24) is 5.32 Å². The molecule has 5 atom stereocenters. The lowest BCUT2D eigenvalue weighted by Gasteiger charge is -2.42. The van der Waals surface area contributed by atoms with Gasteiger partial charge in [-0.3, -0.25) is 0 Å². The number of nitrogens with one attached hydrogen (secondary N) is 2. The van der Waals surface area contributed by atoms with Gasteiger partial charge in [0.1, 0.15) is 29.4 Å². The van der Waals surface area contributed by atoms with E-state index in [-0.39, 0.29) is 11.3 Å². The number of aliphatic hydroxyl groups excluding tert-OH is 3. The Balaban J connectivity index is 1.87. The van der Waals surface area contributed by atoms with Crippen LogP contribution in [0, 0.1) is 36.8 Å². The van der Waals surface area contributed by atoms with Crippen LogP contribution in [-0.2, 0) is 4.74 Å². The summed E-state index contributed by atoms with van der Waals surface area (Å²) in [6.07, 6.45) is -2.59. The molecule has 1 aliphatic heterocycles. The van der Waals surface area contributed by atoms with Crippen molar-refractivity contribution in [2.24, 2.45) is 5.11 Å². The number of hydrogen-bond donors (Lipinski definition) is 5. The maximum Gasteiger partial charge on any atom is 0.194 e. The third-order valence-electron chi connectivity index (χ3n) is 5.34. The van der Waals surface area contributed by atoms with E-state index in [4.69, 9.17) is 10.3 Å². The highest BCUT2D eigenvalue weighted by molar-refractivity contribution is 8.00. The molecular weight excluding hydrogens is 459 g/mol. The maximum absolute atomic E-state index is 13.6. The van der Waals surface area contributed by atoms with Crippen molar-refractivity contribution in [2.75, 3.05) is 6.61 Å². The first kappa shape index (κ1) is 25.2. The molecule has 0 aliphatic carbocycles. The molecule has 0 saturated carbocycles. The zero-order chi connectivity index (χ0) is 24.3. The minimum Gasteiger partial charge on any atom is -0.394 e. The molecule has 1 aliphatic rings. The van der Waals surface area contributed by atoms with Crippen LogP contribution >= 0.6 is 11.8 Å². The zero-order valence-corrected chi connectivity index (χ0v) is 18.6. The van der Waals surface area contributed by atoms with Crippen molar-refractivity contribution in [3.63, 3.8) is 0 Å². The Bertz CT molecular complexity index is 1010. The summed E-state index contributed by atoms with van der Waals surface area (Å²) in [7, 11) is 0. The average molecular weight is 484 g/mol. The summed E-state index contributed by atoms with van der Waals surface area (Å²) in [6.45, 7) is 3.29. The SMILES string of the molecule is Cc1cccc(C)c1S[C@H]1OC(CO)[C@H](O)C(N/C=C(\N=N)c2cc(F)c(F)c(F)c2)C1O. The van der Waals surface area contributed by atoms with Gasteiger partial charge >= 0.3 is 0 Å². The van der Waals surface area contributed by atoms with Gasteiger partial charge in [0.05, 0.1) is 12.6 Å². The van der Waals surface area contributed by atoms with Gasteiger partial charge in [-0.1, -0.05) is 30.0 Å². The van der Waals surface area contributed by atoms with Crippen LogP contribution in [0.4, 0.5) is 13.2 Å². The molecule has 1 heterocycles. The van der Waals surface area contributed by atoms with Gasteiger partial charge in [-0.05, 0) is 37.1 Å². The second kappa shape index (κ2) is 10.7. The second-order valence-electron chi connectivity index (χ2n) is 7.63. The molecule has 1 saturated heterocycles. The van der Waals surface area contributed by atoms with E-state index in [1.54, 1.807) is 0 Å². The molecule has 0 amide bonds. The van der Waals surface area contributed by atoms with Crippen molar-refractivity contribution in [3.8, 4) is 0 Å². The van der Waals surface area contributed by atoms with Crippen LogP contribution in [0.15, 0.2) is 46.5 Å². The Kier molecular flexibility index (Phi) is 8.14. The van der Waals surface area contributed by atoms with Crippen molar-refractivity contribution in [2.45, 2.75) is 48.5 Å². The minimum absolute atomic E-state index is 0.217. The number of aryl methyl sites for hydroxylation is 2. The summed E-state index contributed by atoms with van der Waals surface area (Å²) in [5.41, 5.74) is 7.88. The fraction of sp³-hybridized carbons (Fsp3) is 0.364. The van der Waals surface area contributed by atoms with E-state index < -0.39 is 53.8 Å². The van der Waals surface area contributed by atoms with E-state index in [2.05, 4.69) is 10.4 Å². The molecule has 33 heavy (non-hydrogen) atoms. The normalized spacial score (nSPS) is 25.7. The van der Waals surface area contributed by atoms with Crippen LogP contribution in [0.5, 0.6) is 0 Å². The Morgan fingerprint density at radius 1 is 1.15 bits per heavy atom. The number of ether oxygens (including phenoxy) is 1. The lowest BCUT2D eigenvalue weighted by molar-refractivity contribution is -0.164. The molecule has 7 nitrogen and oxygen atoms in total. The molecule has 5 N–H and O–H groups in total. The summed E-state index contributed by atoms with van der Waals surface area (Å²) in [4.78, 5) is 0.878. The topological polar surface area (TPSA) is 118 Å². The van der Waals surface area contributed by atoms with Gasteiger partial charge in [0.25, 0.3) is 0 Å². The summed E-state index contributed by atoms with van der Waals surface area (Å²) in [5, 5.41) is 37.1. The summed E-state index contributed by atoms with van der Waals surface area (Å²) in [6, 6.07) is 5.99. The lowest BCUT2D eigenvalue weighted by Crippen LogP contribution is -2.62. The third kappa shape index (κ3) is 5.39. The summed E-state index contributed by atoms with van der Waals surface area (Å²) in [5.74, 6) is -4.55. The predicted octanol–water partition coefficient (Wildman–Crippen LogP) is 3.24. The molecule has 1 fully saturated rings. The zero-order valence-electron chi connectivity index (χ0n) is 17.8. The van der Waals surface area contributed by atoms with Gasteiger partial charge in [-0.25, -0.2) is 18.7 Å². The van der Waals surface area contributed by atoms with Crippen molar-refractivity contribution in [3.05, 3.63) is 70.7 Å². The molecule has 3 unspecified atom stereocenters. The molecule has 178 valence electrons. The summed E-state index contributed by atoms with van der Waals surface area (Å²) >= 11 is 1.24. The first-order valence-electron chi connectivity index (χ1n) is 10.0. The van der Waals surface area contributed by atoms with Gasteiger partial charge in [-0.2, -0.15) is 5.11 Å². The van der Waals surface area contributed by atoms with Gasteiger partial charge in [0, 0.05) is 16.7 Å². The molecule has 2 aromatic rings. The van der Waals surface area contributed by atoms with Gasteiger partial charge in [-0.15, -0.1) is 0 Å². The Hall–Kier alpha value is -2.44. The molecule has 3 rings (SSSR count). The fourth-order valence-corrected chi connectivity index (χ4v) is 4.79. The van der Waals surface area contributed by atoms with Crippen LogP contribution in [0.2, 0.25) is 0 Å². The number of nitrogens with zero attached hydrogens (tertiary/aromatic N) is 1. The summed E-state index contributed by atoms with van der Waals surface area (Å²) < 4.78 is 46.1. The van der Waals surface area contributed by atoms with Crippen molar-refractivity contribution in [1.29, 1.82) is 5.53 Å². The van der Waals surface area contributed by atoms with Crippen LogP contribution < -0.4 is 5.32 Å². The first-order valence-corrected chi connectivity index (χ1v) is 10.9. The van der Waals surface area contributed by atoms with Crippen LogP contribution in [0.3, 0.4) is 0 Å². The van der Waals surface area contributed by atoms with E-state index >= 15 is 0 Å². The number of aliphatic hydroxyl groups is 3. The van der Waals surface area contributed by atoms with E-state index in [0.717, 1.165) is 22.2 Å². The standard InChI is InChI=1S/C22H24F3N3O4S/c1-10-4-3-5-11(2)21(10)33-22-20(31)18(19(30)16(9-29)32-22)27-8-15(28-26)12-6-13(23)17(25)14(24)7-12/h3-8,16,18-20,22,26-27,29-31H,9H2,1-2H3/b15-8-,28-26?/t16?,18?,19-,20?,22+/m0/s1. The predicted molar refractivity (Wildman–Crippen MR) is 116 cm³/mol. The highest BCUT2D eigenvalue weighted by atomic mass is 32.2. The Morgan fingerprint density at radius 2 is 1.76 bits per heavy atom. The van der Waals surface area contributed by atoms with Gasteiger partial charge < -0.3 is 25.4 Å². The number of rotatable bonds is 7. The molecule has 0 aromatic heterocycles. The molecule has 0 radical (unpaired) electrons. The van der Waals surface area contributed by atoms with E-state index in [1.165, 1.54) is 11.8 Å². The van der Waals surface area contributed by atoms with E-state index in [1.807, 2.05) is 32.0 Å². The lowest BCUT2D eigenvalue weighted by atomic mass is 9.97. The van der Waals surface area contributed by atoms with E-state index in [9.17, 15) is 28.5 Å². The number of halogens is 3. The largest absolute Gasteiger partial charge is 0.394 e. The molecular formula is C22H24F3N3O4S.